The fourth-order valence-corrected chi connectivity index (χ4v) is 3.24. The summed E-state index contributed by atoms with van der Waals surface area (Å²) in [6, 6.07) is 7.21. The molecule has 0 radical (unpaired) electrons. The first-order valence-corrected chi connectivity index (χ1v) is 10.1. The maximum atomic E-state index is 12.4. The number of nitrogens with one attached hydrogen (secondary N) is 2. The molecule has 144 valence electrons. The lowest BCUT2D eigenvalue weighted by Gasteiger charge is -2.26. The first-order chi connectivity index (χ1) is 12.7. The van der Waals surface area contributed by atoms with Crippen molar-refractivity contribution < 1.29 is 9.59 Å². The second kappa shape index (κ2) is 11.7. The molecule has 1 aromatic rings. The fourth-order valence-electron chi connectivity index (χ4n) is 3.24. The van der Waals surface area contributed by atoms with E-state index in [1.807, 2.05) is 4.90 Å². The zero-order valence-corrected chi connectivity index (χ0v) is 16.1. The number of rotatable bonds is 10. The molecule has 0 bridgehead atoms. The van der Waals surface area contributed by atoms with Gasteiger partial charge >= 0.3 is 0 Å². The number of likely N-dealkylation sites (tertiary alicyclic amines) is 1. The van der Waals surface area contributed by atoms with Gasteiger partial charge in [-0.25, -0.2) is 0 Å². The van der Waals surface area contributed by atoms with Crippen LogP contribution in [0.5, 0.6) is 0 Å². The van der Waals surface area contributed by atoms with Crippen LogP contribution < -0.4 is 10.6 Å². The highest BCUT2D eigenvalue weighted by Gasteiger charge is 2.17. The molecule has 0 spiro atoms. The summed E-state index contributed by atoms with van der Waals surface area (Å²) in [6.07, 6.45) is 9.52. The number of carbonyl (C=O) groups excluding carboxylic acids is 2. The molecule has 2 amide bonds. The largest absolute Gasteiger partial charge is 0.339 e. The number of nitrogens with zero attached hydrogens (tertiary/aromatic N) is 1. The Bertz CT molecular complexity index is 551. The summed E-state index contributed by atoms with van der Waals surface area (Å²) in [5.74, 6) is 0.0426. The minimum atomic E-state index is -0.0475. The summed E-state index contributed by atoms with van der Waals surface area (Å²) in [6.45, 7) is 5.10. The predicted molar refractivity (Wildman–Crippen MR) is 106 cm³/mol. The molecule has 2 N–H and O–H groups in total. The zero-order chi connectivity index (χ0) is 18.6. The van der Waals surface area contributed by atoms with Crippen LogP contribution in [0.1, 0.15) is 68.6 Å². The molecular formula is C21H33N3O2. The van der Waals surface area contributed by atoms with Crippen molar-refractivity contribution in [1.82, 2.24) is 10.2 Å². The zero-order valence-electron chi connectivity index (χ0n) is 16.1. The van der Waals surface area contributed by atoms with Gasteiger partial charge < -0.3 is 15.5 Å². The van der Waals surface area contributed by atoms with Gasteiger partial charge in [0.15, 0.2) is 0 Å². The van der Waals surface area contributed by atoms with Crippen LogP contribution in [-0.2, 0) is 4.79 Å². The second-order valence-electron chi connectivity index (χ2n) is 7.07. The van der Waals surface area contributed by atoms with E-state index in [2.05, 4.69) is 17.6 Å². The van der Waals surface area contributed by atoms with Crippen molar-refractivity contribution in [3.05, 3.63) is 29.8 Å². The van der Waals surface area contributed by atoms with Crippen LogP contribution in [0.25, 0.3) is 0 Å². The summed E-state index contributed by atoms with van der Waals surface area (Å²) in [4.78, 5) is 26.3. The number of unbranched alkanes of at least 4 members (excludes halogenated alkanes) is 4. The van der Waals surface area contributed by atoms with Gasteiger partial charge in [-0.1, -0.05) is 32.6 Å². The number of hydrogen-bond acceptors (Lipinski definition) is 3. The Balaban J connectivity index is 1.67. The highest BCUT2D eigenvalue weighted by Crippen LogP contribution is 2.15. The molecule has 5 nitrogen and oxygen atoms in total. The molecule has 0 unspecified atom stereocenters. The van der Waals surface area contributed by atoms with Crippen LogP contribution in [-0.4, -0.2) is 42.9 Å². The summed E-state index contributed by atoms with van der Waals surface area (Å²) in [5, 5.41) is 6.05. The van der Waals surface area contributed by atoms with E-state index in [1.165, 1.54) is 32.1 Å². The Morgan fingerprint density at radius 1 is 0.962 bits per heavy atom. The van der Waals surface area contributed by atoms with Gasteiger partial charge in [0, 0.05) is 24.3 Å². The van der Waals surface area contributed by atoms with Crippen molar-refractivity contribution in [3.63, 3.8) is 0 Å². The number of carbonyl (C=O) groups is 2. The van der Waals surface area contributed by atoms with Crippen molar-refractivity contribution >= 4 is 17.5 Å². The number of piperidine rings is 1. The average Bonchev–Trinajstić information content (AvgIpc) is 2.68. The number of amides is 2. The Labute approximate surface area is 157 Å². The molecule has 5 heteroatoms. The van der Waals surface area contributed by atoms with E-state index in [9.17, 15) is 9.59 Å². The summed E-state index contributed by atoms with van der Waals surface area (Å²) in [7, 11) is 0. The first-order valence-electron chi connectivity index (χ1n) is 10.1. The minimum Gasteiger partial charge on any atom is -0.339 e. The van der Waals surface area contributed by atoms with Gasteiger partial charge in [0.05, 0.1) is 6.54 Å². The predicted octanol–water partition coefficient (Wildman–Crippen LogP) is 3.81. The third-order valence-electron chi connectivity index (χ3n) is 4.80. The Morgan fingerprint density at radius 3 is 2.35 bits per heavy atom. The lowest BCUT2D eigenvalue weighted by Crippen LogP contribution is -2.35. The van der Waals surface area contributed by atoms with Crippen molar-refractivity contribution in [3.8, 4) is 0 Å². The number of benzene rings is 1. The molecule has 1 heterocycles. The third kappa shape index (κ3) is 7.16. The lowest BCUT2D eigenvalue weighted by molar-refractivity contribution is -0.115. The van der Waals surface area contributed by atoms with E-state index >= 15 is 0 Å². The van der Waals surface area contributed by atoms with Crippen LogP contribution in [0.2, 0.25) is 0 Å². The average molecular weight is 360 g/mol. The minimum absolute atomic E-state index is 0.0475. The molecule has 2 rings (SSSR count). The Morgan fingerprint density at radius 2 is 1.65 bits per heavy atom. The van der Waals surface area contributed by atoms with Gasteiger partial charge in [-0.05, 0) is 56.5 Å². The maximum absolute atomic E-state index is 12.4. The molecule has 1 saturated heterocycles. The normalized spacial score (nSPS) is 14.3. The van der Waals surface area contributed by atoms with E-state index in [4.69, 9.17) is 0 Å². The molecule has 1 aliphatic rings. The van der Waals surface area contributed by atoms with Gasteiger partial charge in [-0.3, -0.25) is 9.59 Å². The van der Waals surface area contributed by atoms with Crippen LogP contribution in [0.3, 0.4) is 0 Å². The number of hydrogen-bond donors (Lipinski definition) is 2. The quantitative estimate of drug-likeness (QED) is 0.625. The van der Waals surface area contributed by atoms with Crippen LogP contribution >= 0.6 is 0 Å². The lowest BCUT2D eigenvalue weighted by atomic mass is 10.1. The number of anilines is 1. The maximum Gasteiger partial charge on any atom is 0.253 e. The van der Waals surface area contributed by atoms with Crippen LogP contribution in [0.15, 0.2) is 24.3 Å². The standard InChI is InChI=1S/C21H33N3O2/c1-2-3-4-5-7-14-22-17-20(25)23-19-12-10-18(11-13-19)21(26)24-15-8-6-9-16-24/h10-13,22H,2-9,14-17H2,1H3,(H,23,25). The molecule has 1 aliphatic heterocycles. The van der Waals surface area contributed by atoms with E-state index in [0.29, 0.717) is 12.1 Å². The molecule has 0 atom stereocenters. The summed E-state index contributed by atoms with van der Waals surface area (Å²) >= 11 is 0. The Kier molecular flexibility index (Phi) is 9.18. The van der Waals surface area contributed by atoms with Gasteiger partial charge in [-0.15, -0.1) is 0 Å². The highest BCUT2D eigenvalue weighted by molar-refractivity contribution is 5.96. The van der Waals surface area contributed by atoms with Gasteiger partial charge in [-0.2, -0.15) is 0 Å². The van der Waals surface area contributed by atoms with Gasteiger partial charge in [0.25, 0.3) is 5.91 Å². The van der Waals surface area contributed by atoms with E-state index in [0.717, 1.165) is 44.6 Å². The van der Waals surface area contributed by atoms with Crippen molar-refractivity contribution in [2.45, 2.75) is 58.3 Å². The summed E-state index contributed by atoms with van der Waals surface area (Å²) < 4.78 is 0. The molecule has 26 heavy (non-hydrogen) atoms. The Hall–Kier alpha value is -1.88. The topological polar surface area (TPSA) is 61.4 Å². The monoisotopic (exact) mass is 359 g/mol. The molecule has 0 aromatic heterocycles. The smallest absolute Gasteiger partial charge is 0.253 e. The molecule has 1 aromatic carbocycles. The first kappa shape index (κ1) is 20.4. The van der Waals surface area contributed by atoms with E-state index in [-0.39, 0.29) is 11.8 Å². The van der Waals surface area contributed by atoms with Gasteiger partial charge in [0.2, 0.25) is 5.91 Å². The molecule has 1 fully saturated rings. The SMILES string of the molecule is CCCCCCCNCC(=O)Nc1ccc(C(=O)N2CCCCC2)cc1. The molecule has 0 saturated carbocycles. The molecular weight excluding hydrogens is 326 g/mol. The fraction of sp³-hybridized carbons (Fsp3) is 0.619. The van der Waals surface area contributed by atoms with Crippen molar-refractivity contribution in [2.24, 2.45) is 0 Å². The molecule has 0 aliphatic carbocycles. The summed E-state index contributed by atoms with van der Waals surface area (Å²) in [5.41, 5.74) is 1.42. The van der Waals surface area contributed by atoms with E-state index in [1.54, 1.807) is 24.3 Å². The van der Waals surface area contributed by atoms with Crippen LogP contribution in [0.4, 0.5) is 5.69 Å². The van der Waals surface area contributed by atoms with Crippen LogP contribution in [0, 0.1) is 0 Å². The van der Waals surface area contributed by atoms with E-state index < -0.39 is 0 Å². The highest BCUT2D eigenvalue weighted by atomic mass is 16.2. The van der Waals surface area contributed by atoms with Gasteiger partial charge in [0.1, 0.15) is 0 Å². The van der Waals surface area contributed by atoms with Crippen molar-refractivity contribution in [2.75, 3.05) is 31.5 Å². The van der Waals surface area contributed by atoms with Crippen molar-refractivity contribution in [1.29, 1.82) is 0 Å². The second-order valence-corrected chi connectivity index (χ2v) is 7.07. The third-order valence-corrected chi connectivity index (χ3v) is 4.80.